The number of fused-ring (bicyclic) bond motifs is 1. The van der Waals surface area contributed by atoms with Crippen LogP contribution in [0.2, 0.25) is 0 Å². The van der Waals surface area contributed by atoms with E-state index in [0.29, 0.717) is 30.4 Å². The third-order valence-electron chi connectivity index (χ3n) is 6.89. The third kappa shape index (κ3) is 4.24. The van der Waals surface area contributed by atoms with Crippen molar-refractivity contribution in [3.63, 3.8) is 0 Å². The van der Waals surface area contributed by atoms with Gasteiger partial charge in [0.25, 0.3) is 0 Å². The van der Waals surface area contributed by atoms with Gasteiger partial charge in [-0.05, 0) is 63.5 Å². The minimum absolute atomic E-state index is 0.108. The fraction of sp³-hybridized carbons (Fsp3) is 0.652. The van der Waals surface area contributed by atoms with Crippen LogP contribution in [0.25, 0.3) is 11.1 Å². The molecule has 4 unspecified atom stereocenters. The summed E-state index contributed by atoms with van der Waals surface area (Å²) >= 11 is 0. The first kappa shape index (κ1) is 23.0. The molecule has 8 nitrogen and oxygen atoms in total. The van der Waals surface area contributed by atoms with Crippen molar-refractivity contribution >= 4 is 27.0 Å². The molecule has 1 amide bonds. The van der Waals surface area contributed by atoms with Gasteiger partial charge in [-0.1, -0.05) is 13.8 Å². The van der Waals surface area contributed by atoms with Crippen molar-refractivity contribution in [2.75, 3.05) is 13.1 Å². The highest BCUT2D eigenvalue weighted by Gasteiger charge is 2.33. The molecule has 32 heavy (non-hydrogen) atoms. The van der Waals surface area contributed by atoms with E-state index in [0.717, 1.165) is 25.7 Å². The highest BCUT2D eigenvalue weighted by Crippen LogP contribution is 2.28. The molecule has 176 valence electrons. The van der Waals surface area contributed by atoms with Gasteiger partial charge >= 0.3 is 5.76 Å². The number of amides is 1. The van der Waals surface area contributed by atoms with Crippen LogP contribution in [0.4, 0.5) is 0 Å². The molecule has 4 rings (SSSR count). The van der Waals surface area contributed by atoms with Crippen LogP contribution in [-0.4, -0.2) is 53.3 Å². The average Bonchev–Trinajstić information content (AvgIpc) is 3.01. The maximum absolute atomic E-state index is 13.2. The summed E-state index contributed by atoms with van der Waals surface area (Å²) in [7, 11) is -3.69. The lowest BCUT2D eigenvalue weighted by atomic mass is 9.94. The third-order valence-corrected chi connectivity index (χ3v) is 8.72. The SMILES string of the molecule is CC1CC(C)CN(S(=O)(=O)c2ccc3c(c2)oc(=O)n3CC(=O)N2C(C)CCCC2C)C1. The number of aromatic nitrogens is 1. The molecule has 2 aromatic rings. The summed E-state index contributed by atoms with van der Waals surface area (Å²) in [5.41, 5.74) is 0.613. The Morgan fingerprint density at radius 2 is 1.69 bits per heavy atom. The van der Waals surface area contributed by atoms with Gasteiger partial charge in [0, 0.05) is 31.2 Å². The van der Waals surface area contributed by atoms with Gasteiger partial charge in [0.2, 0.25) is 15.9 Å². The number of carbonyl (C=O) groups is 1. The van der Waals surface area contributed by atoms with Crippen LogP contribution >= 0.6 is 0 Å². The lowest BCUT2D eigenvalue weighted by molar-refractivity contribution is -0.137. The first-order chi connectivity index (χ1) is 15.1. The van der Waals surface area contributed by atoms with Gasteiger partial charge in [-0.25, -0.2) is 13.2 Å². The van der Waals surface area contributed by atoms with Crippen LogP contribution in [0, 0.1) is 11.8 Å². The molecule has 3 heterocycles. The number of sulfonamides is 1. The van der Waals surface area contributed by atoms with Crippen molar-refractivity contribution in [3.05, 3.63) is 28.7 Å². The van der Waals surface area contributed by atoms with Crippen LogP contribution in [0.15, 0.2) is 32.3 Å². The maximum atomic E-state index is 13.2. The molecule has 4 atom stereocenters. The van der Waals surface area contributed by atoms with Crippen molar-refractivity contribution in [2.24, 2.45) is 11.8 Å². The van der Waals surface area contributed by atoms with Gasteiger partial charge in [0.05, 0.1) is 10.4 Å². The highest BCUT2D eigenvalue weighted by molar-refractivity contribution is 7.89. The molecular formula is C23H33N3O5S. The van der Waals surface area contributed by atoms with Crippen molar-refractivity contribution in [1.29, 1.82) is 0 Å². The topological polar surface area (TPSA) is 92.8 Å². The van der Waals surface area contributed by atoms with E-state index in [-0.39, 0.29) is 35.0 Å². The smallest absolute Gasteiger partial charge is 0.408 e. The second-order valence-corrected chi connectivity index (χ2v) is 11.7. The Morgan fingerprint density at radius 1 is 1.06 bits per heavy atom. The number of rotatable bonds is 4. The van der Waals surface area contributed by atoms with Gasteiger partial charge in [-0.15, -0.1) is 0 Å². The number of oxazole rings is 1. The van der Waals surface area contributed by atoms with Crippen molar-refractivity contribution in [1.82, 2.24) is 13.8 Å². The standard InChI is InChI=1S/C23H33N3O5S/c1-15-10-16(2)13-24(12-15)32(29,30)19-8-9-20-21(11-19)31-23(28)25(20)14-22(27)26-17(3)6-5-7-18(26)4/h8-9,11,15-18H,5-7,10,12-14H2,1-4H3. The second kappa shape index (κ2) is 8.67. The van der Waals surface area contributed by atoms with Crippen LogP contribution in [0.1, 0.15) is 53.4 Å². The Bertz CT molecular complexity index is 1150. The summed E-state index contributed by atoms with van der Waals surface area (Å²) < 4.78 is 34.6. The zero-order valence-electron chi connectivity index (χ0n) is 19.3. The molecule has 9 heteroatoms. The van der Waals surface area contributed by atoms with E-state index >= 15 is 0 Å². The number of benzene rings is 1. The van der Waals surface area contributed by atoms with Gasteiger partial charge in [0.15, 0.2) is 5.58 Å². The van der Waals surface area contributed by atoms with E-state index in [2.05, 4.69) is 13.8 Å². The number of hydrogen-bond donors (Lipinski definition) is 0. The van der Waals surface area contributed by atoms with Gasteiger partial charge in [-0.3, -0.25) is 9.36 Å². The lowest BCUT2D eigenvalue weighted by Gasteiger charge is -2.39. The predicted molar refractivity (Wildman–Crippen MR) is 122 cm³/mol. The molecule has 0 aliphatic carbocycles. The zero-order valence-corrected chi connectivity index (χ0v) is 20.1. The molecule has 0 radical (unpaired) electrons. The van der Waals surface area contributed by atoms with Crippen molar-refractivity contribution in [3.8, 4) is 0 Å². The molecule has 2 saturated heterocycles. The first-order valence-corrected chi connectivity index (χ1v) is 13.0. The summed E-state index contributed by atoms with van der Waals surface area (Å²) in [6.07, 6.45) is 4.00. The van der Waals surface area contributed by atoms with E-state index in [1.54, 1.807) is 6.07 Å². The van der Waals surface area contributed by atoms with Gasteiger partial charge in [-0.2, -0.15) is 4.31 Å². The van der Waals surface area contributed by atoms with Crippen molar-refractivity contribution in [2.45, 2.75) is 76.9 Å². The molecular weight excluding hydrogens is 430 g/mol. The van der Waals surface area contributed by atoms with Crippen LogP contribution in [-0.2, 0) is 21.4 Å². The van der Waals surface area contributed by atoms with Crippen LogP contribution in [0.3, 0.4) is 0 Å². The first-order valence-electron chi connectivity index (χ1n) is 11.5. The summed E-state index contributed by atoms with van der Waals surface area (Å²) in [5, 5.41) is 0. The number of likely N-dealkylation sites (tertiary alicyclic amines) is 1. The lowest BCUT2D eigenvalue weighted by Crippen LogP contribution is -2.49. The number of piperidine rings is 2. The summed E-state index contributed by atoms with van der Waals surface area (Å²) in [5.74, 6) is -0.188. The van der Waals surface area contributed by atoms with Crippen molar-refractivity contribution < 1.29 is 17.6 Å². The predicted octanol–water partition coefficient (Wildman–Crippen LogP) is 3.05. The average molecular weight is 464 g/mol. The van der Waals surface area contributed by atoms with Gasteiger partial charge in [0.1, 0.15) is 6.54 Å². The maximum Gasteiger partial charge on any atom is 0.420 e. The van der Waals surface area contributed by atoms with E-state index in [1.165, 1.54) is 21.0 Å². The Hall–Kier alpha value is -2.13. The molecule has 0 spiro atoms. The quantitative estimate of drug-likeness (QED) is 0.695. The minimum atomic E-state index is -3.69. The van der Waals surface area contributed by atoms with E-state index in [4.69, 9.17) is 4.42 Å². The Kier molecular flexibility index (Phi) is 6.24. The normalized spacial score (nSPS) is 27.7. The Labute approximate surface area is 189 Å². The monoisotopic (exact) mass is 463 g/mol. The number of nitrogens with zero attached hydrogens (tertiary/aromatic N) is 3. The number of carbonyl (C=O) groups excluding carboxylic acids is 1. The molecule has 0 N–H and O–H groups in total. The molecule has 2 aliphatic heterocycles. The largest absolute Gasteiger partial charge is 0.420 e. The molecule has 1 aromatic heterocycles. The Balaban J connectivity index is 1.62. The molecule has 1 aromatic carbocycles. The Morgan fingerprint density at radius 3 is 2.31 bits per heavy atom. The highest BCUT2D eigenvalue weighted by atomic mass is 32.2. The molecule has 0 saturated carbocycles. The molecule has 2 fully saturated rings. The fourth-order valence-electron chi connectivity index (χ4n) is 5.44. The molecule has 0 bridgehead atoms. The van der Waals surface area contributed by atoms with E-state index in [9.17, 15) is 18.0 Å². The fourth-order valence-corrected chi connectivity index (χ4v) is 7.13. The minimum Gasteiger partial charge on any atom is -0.408 e. The molecule has 2 aliphatic rings. The number of hydrogen-bond acceptors (Lipinski definition) is 5. The summed E-state index contributed by atoms with van der Waals surface area (Å²) in [4.78, 5) is 27.5. The van der Waals surface area contributed by atoms with E-state index < -0.39 is 15.8 Å². The van der Waals surface area contributed by atoms with Crippen LogP contribution < -0.4 is 5.76 Å². The van der Waals surface area contributed by atoms with E-state index in [1.807, 2.05) is 18.7 Å². The summed E-state index contributed by atoms with van der Waals surface area (Å²) in [6.45, 7) is 9.02. The van der Waals surface area contributed by atoms with Crippen LogP contribution in [0.5, 0.6) is 0 Å². The zero-order chi connectivity index (χ0) is 23.2. The van der Waals surface area contributed by atoms with Gasteiger partial charge < -0.3 is 9.32 Å². The summed E-state index contributed by atoms with van der Waals surface area (Å²) in [6, 6.07) is 4.74. The second-order valence-electron chi connectivity index (χ2n) is 9.78.